The molecule has 2 aromatic rings. The van der Waals surface area contributed by atoms with Crippen molar-refractivity contribution < 1.29 is 30.0 Å². The van der Waals surface area contributed by atoms with Crippen molar-refractivity contribution >= 4 is 11.9 Å². The maximum Gasteiger partial charge on any atom is 0.303 e. The summed E-state index contributed by atoms with van der Waals surface area (Å²) in [6, 6.07) is 17.4. The van der Waals surface area contributed by atoms with Crippen molar-refractivity contribution in [3.05, 3.63) is 60.7 Å². The number of hydrogen-bond acceptors (Lipinski definition) is 4. The third-order valence-corrected chi connectivity index (χ3v) is 2.29. The minimum Gasteiger partial charge on any atom is -0.508 e. The molecule has 0 aliphatic rings. The van der Waals surface area contributed by atoms with E-state index in [1.807, 2.05) is 12.1 Å². The summed E-state index contributed by atoms with van der Waals surface area (Å²) in [6.45, 7) is 0. The highest BCUT2D eigenvalue weighted by Gasteiger charge is 1.99. The number of hydrogen-bond donors (Lipinski definition) is 4. The van der Waals surface area contributed by atoms with Gasteiger partial charge in [0.2, 0.25) is 0 Å². The van der Waals surface area contributed by atoms with E-state index in [4.69, 9.17) is 20.4 Å². The Balaban J connectivity index is 0.000000318. The molecule has 0 saturated heterocycles. The molecule has 4 N–H and O–H groups in total. The molecule has 2 rings (SSSR count). The number of phenolic OH excluding ortho intramolecular Hbond substituents is 2. The molecule has 0 fully saturated rings. The monoisotopic (exact) mass is 320 g/mol. The fourth-order valence-electron chi connectivity index (χ4n) is 1.25. The Labute approximate surface area is 134 Å². The van der Waals surface area contributed by atoms with Crippen LogP contribution in [0.2, 0.25) is 0 Å². The van der Waals surface area contributed by atoms with Crippen molar-refractivity contribution in [2.75, 3.05) is 0 Å². The third kappa shape index (κ3) is 15.2. The topological polar surface area (TPSA) is 115 Å². The molecule has 0 radical (unpaired) electrons. The van der Waals surface area contributed by atoms with E-state index in [9.17, 15) is 9.59 Å². The van der Waals surface area contributed by atoms with Crippen molar-refractivity contribution in [1.82, 2.24) is 0 Å². The Bertz CT molecular complexity index is 502. The van der Waals surface area contributed by atoms with E-state index in [-0.39, 0.29) is 19.3 Å². The van der Waals surface area contributed by atoms with Crippen LogP contribution in [0.5, 0.6) is 11.5 Å². The van der Waals surface area contributed by atoms with Crippen LogP contribution in [0.1, 0.15) is 19.3 Å². The normalized spacial score (nSPS) is 8.70. The maximum absolute atomic E-state index is 9.79. The molecule has 0 aliphatic carbocycles. The van der Waals surface area contributed by atoms with E-state index >= 15 is 0 Å². The molecule has 23 heavy (non-hydrogen) atoms. The lowest BCUT2D eigenvalue weighted by molar-refractivity contribution is -0.138. The number of aromatic hydroxyl groups is 2. The average molecular weight is 320 g/mol. The molecule has 0 unspecified atom stereocenters. The predicted molar refractivity (Wildman–Crippen MR) is 85.3 cm³/mol. The Morgan fingerprint density at radius 3 is 1.13 bits per heavy atom. The summed E-state index contributed by atoms with van der Waals surface area (Å²) in [4.78, 5) is 19.6. The van der Waals surface area contributed by atoms with Gasteiger partial charge in [0.1, 0.15) is 11.5 Å². The predicted octanol–water partition coefficient (Wildman–Crippen LogP) is 3.11. The highest BCUT2D eigenvalue weighted by molar-refractivity contribution is 5.69. The highest BCUT2D eigenvalue weighted by Crippen LogP contribution is 2.03. The van der Waals surface area contributed by atoms with Gasteiger partial charge in [0.05, 0.1) is 0 Å². The average Bonchev–Trinajstić information content (AvgIpc) is 2.49. The lowest BCUT2D eigenvalue weighted by atomic mass is 10.2. The lowest BCUT2D eigenvalue weighted by Crippen LogP contribution is -1.98. The third-order valence-electron chi connectivity index (χ3n) is 2.29. The minimum atomic E-state index is -0.948. The van der Waals surface area contributed by atoms with Crippen molar-refractivity contribution in [1.29, 1.82) is 0 Å². The molecule has 0 saturated carbocycles. The van der Waals surface area contributed by atoms with E-state index in [2.05, 4.69) is 0 Å². The molecular formula is C17H20O6. The Hall–Kier alpha value is -3.02. The summed E-state index contributed by atoms with van der Waals surface area (Å²) in [5.74, 6) is -1.25. The van der Waals surface area contributed by atoms with Crippen LogP contribution >= 0.6 is 0 Å². The van der Waals surface area contributed by atoms with Gasteiger partial charge in [0.15, 0.2) is 0 Å². The Morgan fingerprint density at radius 2 is 0.957 bits per heavy atom. The number of carboxylic acid groups (broad SMARTS) is 2. The number of benzene rings is 2. The van der Waals surface area contributed by atoms with Crippen LogP contribution in [0.4, 0.5) is 0 Å². The largest absolute Gasteiger partial charge is 0.508 e. The van der Waals surface area contributed by atoms with Crippen LogP contribution in [0, 0.1) is 0 Å². The van der Waals surface area contributed by atoms with Crippen LogP contribution in [0.15, 0.2) is 60.7 Å². The number of para-hydroxylation sites is 2. The summed E-state index contributed by atoms with van der Waals surface area (Å²) >= 11 is 0. The van der Waals surface area contributed by atoms with Gasteiger partial charge in [-0.1, -0.05) is 36.4 Å². The molecule has 6 heteroatoms. The summed E-state index contributed by atoms with van der Waals surface area (Å²) in [7, 11) is 0. The van der Waals surface area contributed by atoms with E-state index in [1.165, 1.54) is 0 Å². The molecule has 6 nitrogen and oxygen atoms in total. The molecule has 124 valence electrons. The van der Waals surface area contributed by atoms with Crippen LogP contribution < -0.4 is 0 Å². The Kier molecular flexibility index (Phi) is 11.0. The Morgan fingerprint density at radius 1 is 0.652 bits per heavy atom. The van der Waals surface area contributed by atoms with Crippen LogP contribution in [-0.4, -0.2) is 32.4 Å². The van der Waals surface area contributed by atoms with E-state index in [0.717, 1.165) is 0 Å². The maximum atomic E-state index is 9.79. The molecule has 0 aromatic heterocycles. The van der Waals surface area contributed by atoms with Crippen molar-refractivity contribution in [3.8, 4) is 11.5 Å². The number of rotatable bonds is 4. The van der Waals surface area contributed by atoms with Gasteiger partial charge >= 0.3 is 11.9 Å². The SMILES string of the molecule is O=C(O)CCCC(=O)O.Oc1ccccc1.Oc1ccccc1. The van der Waals surface area contributed by atoms with Gasteiger partial charge in [-0.3, -0.25) is 9.59 Å². The fourth-order valence-corrected chi connectivity index (χ4v) is 1.25. The van der Waals surface area contributed by atoms with Gasteiger partial charge in [-0.15, -0.1) is 0 Å². The van der Waals surface area contributed by atoms with Gasteiger partial charge in [0.25, 0.3) is 0 Å². The number of phenols is 2. The van der Waals surface area contributed by atoms with Gasteiger partial charge < -0.3 is 20.4 Å². The van der Waals surface area contributed by atoms with E-state index in [0.29, 0.717) is 11.5 Å². The quantitative estimate of drug-likeness (QED) is 0.688. The fraction of sp³-hybridized carbons (Fsp3) is 0.176. The van der Waals surface area contributed by atoms with Gasteiger partial charge in [-0.25, -0.2) is 0 Å². The molecule has 0 atom stereocenters. The first kappa shape index (κ1) is 20.0. The first-order chi connectivity index (χ1) is 10.9. The van der Waals surface area contributed by atoms with Gasteiger partial charge in [-0.2, -0.15) is 0 Å². The number of carboxylic acids is 2. The van der Waals surface area contributed by atoms with E-state index in [1.54, 1.807) is 48.5 Å². The zero-order valence-electron chi connectivity index (χ0n) is 12.5. The molecule has 0 bridgehead atoms. The van der Waals surface area contributed by atoms with Crippen molar-refractivity contribution in [3.63, 3.8) is 0 Å². The molecule has 0 spiro atoms. The molecule has 0 heterocycles. The highest BCUT2D eigenvalue weighted by atomic mass is 16.4. The van der Waals surface area contributed by atoms with Gasteiger partial charge in [0, 0.05) is 12.8 Å². The zero-order chi connectivity index (χ0) is 17.5. The first-order valence-corrected chi connectivity index (χ1v) is 6.83. The second-order valence-corrected chi connectivity index (χ2v) is 4.31. The molecule has 0 amide bonds. The summed E-state index contributed by atoms with van der Waals surface area (Å²) in [5.41, 5.74) is 0. The lowest BCUT2D eigenvalue weighted by Gasteiger charge is -1.89. The smallest absolute Gasteiger partial charge is 0.303 e. The minimum absolute atomic E-state index is 0.0632. The van der Waals surface area contributed by atoms with Gasteiger partial charge in [-0.05, 0) is 30.7 Å². The standard InChI is InChI=1S/2C6H6O.C5H8O4/c2*7-6-4-2-1-3-5-6;6-4(7)2-1-3-5(8)9/h2*1-5,7H;1-3H2,(H,6,7)(H,8,9). The zero-order valence-corrected chi connectivity index (χ0v) is 12.5. The first-order valence-electron chi connectivity index (χ1n) is 6.83. The van der Waals surface area contributed by atoms with Crippen LogP contribution in [0.25, 0.3) is 0 Å². The number of carbonyl (C=O) groups is 2. The van der Waals surface area contributed by atoms with Crippen molar-refractivity contribution in [2.24, 2.45) is 0 Å². The summed E-state index contributed by atoms with van der Waals surface area (Å²) in [5, 5.41) is 33.3. The number of aliphatic carboxylic acids is 2. The molecule has 0 aliphatic heterocycles. The van der Waals surface area contributed by atoms with E-state index < -0.39 is 11.9 Å². The van der Waals surface area contributed by atoms with Crippen molar-refractivity contribution in [2.45, 2.75) is 19.3 Å². The summed E-state index contributed by atoms with van der Waals surface area (Å²) in [6.07, 6.45) is 0.0866. The second kappa shape index (κ2) is 12.7. The van der Waals surface area contributed by atoms with Crippen LogP contribution in [-0.2, 0) is 9.59 Å². The molecule has 2 aromatic carbocycles. The van der Waals surface area contributed by atoms with Crippen LogP contribution in [0.3, 0.4) is 0 Å². The second-order valence-electron chi connectivity index (χ2n) is 4.31. The summed E-state index contributed by atoms with van der Waals surface area (Å²) < 4.78 is 0. The molecular weight excluding hydrogens is 300 g/mol.